The number of aryl methyl sites for hydroxylation is 1. The topological polar surface area (TPSA) is 116 Å². The van der Waals surface area contributed by atoms with E-state index in [2.05, 4.69) is 4.98 Å². The van der Waals surface area contributed by atoms with Crippen molar-refractivity contribution in [2.45, 2.75) is 45.3 Å². The fourth-order valence-electron chi connectivity index (χ4n) is 3.99. The molecule has 2 atom stereocenters. The maximum Gasteiger partial charge on any atom is 0.326 e. The van der Waals surface area contributed by atoms with Gasteiger partial charge in [0.1, 0.15) is 0 Å². The molecule has 2 aromatic rings. The van der Waals surface area contributed by atoms with Crippen LogP contribution in [0.5, 0.6) is 0 Å². The van der Waals surface area contributed by atoms with Gasteiger partial charge >= 0.3 is 11.7 Å². The number of aromatic amines is 1. The number of H-pyrrole nitrogens is 1. The number of carboxylic acid groups (broad SMARTS) is 1. The van der Waals surface area contributed by atoms with Crippen molar-refractivity contribution in [1.82, 2.24) is 14.5 Å². The van der Waals surface area contributed by atoms with Crippen molar-refractivity contribution in [3.63, 3.8) is 0 Å². The molecule has 0 saturated carbocycles. The lowest BCUT2D eigenvalue weighted by Gasteiger charge is -2.42. The Morgan fingerprint density at radius 2 is 2.07 bits per heavy atom. The van der Waals surface area contributed by atoms with Crippen molar-refractivity contribution in [3.8, 4) is 0 Å². The lowest BCUT2D eigenvalue weighted by molar-refractivity contribution is -0.167. The van der Waals surface area contributed by atoms with Crippen molar-refractivity contribution in [2.75, 3.05) is 13.1 Å². The molecule has 3 N–H and O–H groups in total. The molecule has 1 aliphatic heterocycles. The van der Waals surface area contributed by atoms with Gasteiger partial charge in [0.2, 0.25) is 5.91 Å². The van der Waals surface area contributed by atoms with E-state index in [9.17, 15) is 24.6 Å². The number of hydrogen-bond acceptors (Lipinski definition) is 4. The summed E-state index contributed by atoms with van der Waals surface area (Å²) in [6.07, 6.45) is 0.290. The molecule has 8 heteroatoms. The van der Waals surface area contributed by atoms with Gasteiger partial charge in [0, 0.05) is 26.1 Å². The summed E-state index contributed by atoms with van der Waals surface area (Å²) in [6.45, 7) is 2.42. The molecule has 0 unspecified atom stereocenters. The van der Waals surface area contributed by atoms with Gasteiger partial charge in [0.25, 0.3) is 0 Å². The molecule has 1 aliphatic rings. The first-order chi connectivity index (χ1) is 12.9. The zero-order valence-electron chi connectivity index (χ0n) is 15.4. The van der Waals surface area contributed by atoms with E-state index in [1.165, 1.54) is 9.47 Å². The van der Waals surface area contributed by atoms with E-state index < -0.39 is 17.5 Å². The quantitative estimate of drug-likeness (QED) is 0.701. The zero-order chi connectivity index (χ0) is 19.6. The van der Waals surface area contributed by atoms with Gasteiger partial charge < -0.3 is 20.1 Å². The second-order valence-electron chi connectivity index (χ2n) is 7.17. The van der Waals surface area contributed by atoms with Crippen LogP contribution in [0.1, 0.15) is 32.6 Å². The molecule has 1 amide bonds. The molecule has 1 fully saturated rings. The number of aliphatic carboxylic acids is 1. The number of para-hydroxylation sites is 2. The number of benzene rings is 1. The van der Waals surface area contributed by atoms with Crippen molar-refractivity contribution in [3.05, 3.63) is 34.7 Å². The first-order valence-electron chi connectivity index (χ1n) is 9.26. The molecule has 1 aromatic heterocycles. The minimum absolute atomic E-state index is 0.00785. The number of fused-ring (bicyclic) bond motifs is 1. The summed E-state index contributed by atoms with van der Waals surface area (Å²) < 4.78 is 1.52. The predicted molar refractivity (Wildman–Crippen MR) is 99.4 cm³/mol. The Morgan fingerprint density at radius 3 is 2.74 bits per heavy atom. The number of hydrogen-bond donors (Lipinski definition) is 3. The summed E-state index contributed by atoms with van der Waals surface area (Å²) in [5, 5.41) is 20.0. The van der Waals surface area contributed by atoms with Gasteiger partial charge in [-0.3, -0.25) is 14.2 Å². The van der Waals surface area contributed by atoms with Crippen molar-refractivity contribution >= 4 is 22.9 Å². The maximum absolute atomic E-state index is 12.6. The normalized spacial score (nSPS) is 22.9. The summed E-state index contributed by atoms with van der Waals surface area (Å²) in [7, 11) is 0. The third-order valence-corrected chi connectivity index (χ3v) is 5.56. The highest BCUT2D eigenvalue weighted by Gasteiger charge is 2.48. The van der Waals surface area contributed by atoms with Crippen LogP contribution in [0.3, 0.4) is 0 Å². The van der Waals surface area contributed by atoms with Crippen LogP contribution in [0.15, 0.2) is 29.1 Å². The molecule has 1 aromatic carbocycles. The van der Waals surface area contributed by atoms with E-state index in [0.29, 0.717) is 24.9 Å². The van der Waals surface area contributed by atoms with Crippen LogP contribution in [-0.4, -0.2) is 55.7 Å². The van der Waals surface area contributed by atoms with Crippen LogP contribution >= 0.6 is 0 Å². The summed E-state index contributed by atoms with van der Waals surface area (Å²) in [5.74, 6) is -1.20. The van der Waals surface area contributed by atoms with E-state index in [4.69, 9.17) is 0 Å². The van der Waals surface area contributed by atoms with E-state index in [0.717, 1.165) is 5.52 Å². The van der Waals surface area contributed by atoms with Crippen molar-refractivity contribution in [1.29, 1.82) is 0 Å². The first kappa shape index (κ1) is 19.2. The van der Waals surface area contributed by atoms with E-state index in [-0.39, 0.29) is 37.5 Å². The smallest absolute Gasteiger partial charge is 0.326 e. The number of aromatic nitrogens is 2. The molecule has 0 spiro atoms. The van der Waals surface area contributed by atoms with Gasteiger partial charge in [-0.05, 0) is 25.0 Å². The Kier molecular flexibility index (Phi) is 5.36. The molecular formula is C19H25N3O5. The highest BCUT2D eigenvalue weighted by Crippen LogP contribution is 2.37. The van der Waals surface area contributed by atoms with Crippen molar-refractivity contribution in [2.24, 2.45) is 5.41 Å². The van der Waals surface area contributed by atoms with Gasteiger partial charge in [0.05, 0.1) is 22.6 Å². The Hall–Kier alpha value is -2.61. The average Bonchev–Trinajstić information content (AvgIpc) is 2.96. The van der Waals surface area contributed by atoms with Gasteiger partial charge in [-0.25, -0.2) is 4.79 Å². The summed E-state index contributed by atoms with van der Waals surface area (Å²) in [6, 6.07) is 7.27. The summed E-state index contributed by atoms with van der Waals surface area (Å²) in [4.78, 5) is 40.6. The van der Waals surface area contributed by atoms with Crippen LogP contribution in [0, 0.1) is 5.41 Å². The number of imidazole rings is 1. The van der Waals surface area contributed by atoms with E-state index >= 15 is 0 Å². The monoisotopic (exact) mass is 375 g/mol. The number of carbonyl (C=O) groups is 2. The highest BCUT2D eigenvalue weighted by molar-refractivity contribution is 5.79. The van der Waals surface area contributed by atoms with E-state index in [1.807, 2.05) is 25.1 Å². The number of β-amino-alcohol motifs (C(OH)–C–C–N with tert-alkyl or cyclic N) is 1. The molecule has 27 heavy (non-hydrogen) atoms. The molecule has 0 radical (unpaired) electrons. The number of nitrogens with zero attached hydrogens (tertiary/aromatic N) is 2. The number of likely N-dealkylation sites (tertiary alicyclic amines) is 1. The first-order valence-corrected chi connectivity index (χ1v) is 9.26. The largest absolute Gasteiger partial charge is 0.481 e. The molecule has 0 bridgehead atoms. The second-order valence-corrected chi connectivity index (χ2v) is 7.17. The molecular weight excluding hydrogens is 350 g/mol. The standard InChI is InChI=1S/C19H25N3O5/c1-2-8-19(17(25)26)9-11-21(12-15(19)23)16(24)7-10-22-14-6-4-3-5-13(14)20-18(22)27/h3-6,15,23H,2,7-12H2,1H3,(H,20,27)(H,25,26)/t15-,19-/m0/s1. The van der Waals surface area contributed by atoms with Crippen LogP contribution in [-0.2, 0) is 16.1 Å². The lowest BCUT2D eigenvalue weighted by Crippen LogP contribution is -2.56. The third kappa shape index (κ3) is 3.49. The predicted octanol–water partition coefficient (Wildman–Crippen LogP) is 1.18. The van der Waals surface area contributed by atoms with Crippen molar-refractivity contribution < 1.29 is 19.8 Å². The van der Waals surface area contributed by atoms with Crippen LogP contribution in [0.2, 0.25) is 0 Å². The maximum atomic E-state index is 12.6. The minimum atomic E-state index is -1.18. The summed E-state index contributed by atoms with van der Waals surface area (Å²) >= 11 is 0. The fraction of sp³-hybridized carbons (Fsp3) is 0.526. The number of piperidine rings is 1. The Balaban J connectivity index is 1.66. The molecule has 0 aliphatic carbocycles. The highest BCUT2D eigenvalue weighted by atomic mass is 16.4. The number of rotatable bonds is 6. The SMILES string of the molecule is CCC[C@]1(C(=O)O)CCN(C(=O)CCn2c(=O)[nH]c3ccccc32)C[C@@H]1O. The molecule has 3 rings (SSSR count). The molecule has 1 saturated heterocycles. The Morgan fingerprint density at radius 1 is 1.33 bits per heavy atom. The average molecular weight is 375 g/mol. The second kappa shape index (κ2) is 7.56. The third-order valence-electron chi connectivity index (χ3n) is 5.56. The van der Waals surface area contributed by atoms with E-state index in [1.54, 1.807) is 6.07 Å². The van der Waals surface area contributed by atoms with Crippen LogP contribution in [0.4, 0.5) is 0 Å². The van der Waals surface area contributed by atoms with Gasteiger partial charge in [0.15, 0.2) is 0 Å². The Bertz CT molecular complexity index is 902. The van der Waals surface area contributed by atoms with Gasteiger partial charge in [-0.15, -0.1) is 0 Å². The number of aliphatic hydroxyl groups is 1. The molecule has 8 nitrogen and oxygen atoms in total. The zero-order valence-corrected chi connectivity index (χ0v) is 15.4. The number of nitrogens with one attached hydrogen (secondary N) is 1. The molecule has 146 valence electrons. The van der Waals surface area contributed by atoms with Crippen LogP contribution < -0.4 is 5.69 Å². The van der Waals surface area contributed by atoms with Crippen LogP contribution in [0.25, 0.3) is 11.0 Å². The fourth-order valence-corrected chi connectivity index (χ4v) is 3.99. The number of carboxylic acids is 1. The van der Waals surface area contributed by atoms with Gasteiger partial charge in [-0.1, -0.05) is 25.5 Å². The lowest BCUT2D eigenvalue weighted by atomic mass is 9.73. The van der Waals surface area contributed by atoms with Gasteiger partial charge in [-0.2, -0.15) is 0 Å². The molecule has 2 heterocycles. The summed E-state index contributed by atoms with van der Waals surface area (Å²) in [5.41, 5.74) is 0.00532. The number of carbonyl (C=O) groups excluding carboxylic acids is 1. The number of aliphatic hydroxyl groups excluding tert-OH is 1. The number of amides is 1. The minimum Gasteiger partial charge on any atom is -0.481 e. The Labute approximate surface area is 156 Å².